The summed E-state index contributed by atoms with van der Waals surface area (Å²) in [5.74, 6) is -0.379. The molecule has 3 aromatic rings. The van der Waals surface area contributed by atoms with Gasteiger partial charge in [0.1, 0.15) is 0 Å². The third-order valence-electron chi connectivity index (χ3n) is 4.77. The van der Waals surface area contributed by atoms with Gasteiger partial charge < -0.3 is 10.2 Å². The molecular weight excluding hydrogens is 453 g/mol. The Kier molecular flexibility index (Phi) is 7.70. The second-order valence-corrected chi connectivity index (χ2v) is 9.25. The Morgan fingerprint density at radius 2 is 1.94 bits per heavy atom. The molecule has 0 fully saturated rings. The third kappa shape index (κ3) is 6.29. The number of aromatic nitrogens is 1. The van der Waals surface area contributed by atoms with Gasteiger partial charge in [-0.15, -0.1) is 11.3 Å². The minimum absolute atomic E-state index is 0.0620. The monoisotopic (exact) mass is 475 g/mol. The molecule has 2 aromatic carbocycles. The molecule has 0 unspecified atom stereocenters. The van der Waals surface area contributed by atoms with Crippen molar-refractivity contribution >= 4 is 52.0 Å². The highest BCUT2D eigenvalue weighted by Gasteiger charge is 2.17. The number of hydrogen-bond acceptors (Lipinski definition) is 4. The standard InChI is InChI=1S/C23H23Cl2N3O2S/c1-14(2)28(3)23(30)16-7-8-19(25)20(11-16)27-21(29)12-18-13-31-22(26-18)10-15-5-4-6-17(24)9-15/h4-9,11,13-14H,10,12H2,1-3H3,(H,27,29). The molecule has 31 heavy (non-hydrogen) atoms. The number of halogens is 2. The number of nitrogens with zero attached hydrogens (tertiary/aromatic N) is 2. The molecule has 0 aliphatic heterocycles. The van der Waals surface area contributed by atoms with E-state index in [9.17, 15) is 9.59 Å². The Morgan fingerprint density at radius 1 is 1.16 bits per heavy atom. The summed E-state index contributed by atoms with van der Waals surface area (Å²) in [5, 5.41) is 6.64. The smallest absolute Gasteiger partial charge is 0.253 e. The maximum Gasteiger partial charge on any atom is 0.253 e. The fourth-order valence-electron chi connectivity index (χ4n) is 2.88. The first-order valence-corrected chi connectivity index (χ1v) is 11.4. The maximum absolute atomic E-state index is 12.6. The molecular formula is C23H23Cl2N3O2S. The van der Waals surface area contributed by atoms with Gasteiger partial charge in [0.25, 0.3) is 5.91 Å². The Morgan fingerprint density at radius 3 is 2.65 bits per heavy atom. The van der Waals surface area contributed by atoms with Gasteiger partial charge in [-0.25, -0.2) is 4.98 Å². The van der Waals surface area contributed by atoms with Gasteiger partial charge in [0.2, 0.25) is 5.91 Å². The maximum atomic E-state index is 12.6. The van der Waals surface area contributed by atoms with Crippen LogP contribution in [0.4, 0.5) is 5.69 Å². The molecule has 1 heterocycles. The zero-order chi connectivity index (χ0) is 22.5. The molecule has 0 saturated heterocycles. The molecule has 1 N–H and O–H groups in total. The minimum atomic E-state index is -0.247. The van der Waals surface area contributed by atoms with Gasteiger partial charge in [0.05, 0.1) is 27.8 Å². The van der Waals surface area contributed by atoms with Crippen LogP contribution in [0.25, 0.3) is 0 Å². The fraction of sp³-hybridized carbons (Fsp3) is 0.261. The van der Waals surface area contributed by atoms with Crippen LogP contribution in [0.15, 0.2) is 47.8 Å². The van der Waals surface area contributed by atoms with Crippen LogP contribution in [0.5, 0.6) is 0 Å². The average Bonchev–Trinajstić information content (AvgIpc) is 3.14. The van der Waals surface area contributed by atoms with E-state index >= 15 is 0 Å². The van der Waals surface area contributed by atoms with Crippen LogP contribution in [-0.2, 0) is 17.6 Å². The largest absolute Gasteiger partial charge is 0.339 e. The second kappa shape index (κ2) is 10.3. The zero-order valence-corrected chi connectivity index (χ0v) is 19.8. The summed E-state index contributed by atoms with van der Waals surface area (Å²) < 4.78 is 0. The lowest BCUT2D eigenvalue weighted by molar-refractivity contribution is -0.115. The summed E-state index contributed by atoms with van der Waals surface area (Å²) >= 11 is 13.8. The van der Waals surface area contributed by atoms with E-state index in [0.717, 1.165) is 10.6 Å². The molecule has 0 radical (unpaired) electrons. The first kappa shape index (κ1) is 23.3. The minimum Gasteiger partial charge on any atom is -0.339 e. The Bertz CT molecular complexity index is 1100. The van der Waals surface area contributed by atoms with E-state index < -0.39 is 0 Å². The zero-order valence-electron chi connectivity index (χ0n) is 17.5. The average molecular weight is 476 g/mol. The second-order valence-electron chi connectivity index (χ2n) is 7.47. The predicted molar refractivity (Wildman–Crippen MR) is 127 cm³/mol. The van der Waals surface area contributed by atoms with Crippen molar-refractivity contribution in [2.75, 3.05) is 12.4 Å². The molecule has 2 amide bonds. The molecule has 0 aliphatic carbocycles. The molecule has 0 aliphatic rings. The van der Waals surface area contributed by atoms with Crippen LogP contribution < -0.4 is 5.32 Å². The number of benzene rings is 2. The molecule has 0 saturated carbocycles. The lowest BCUT2D eigenvalue weighted by atomic mass is 10.1. The molecule has 5 nitrogen and oxygen atoms in total. The van der Waals surface area contributed by atoms with Gasteiger partial charge in [0, 0.05) is 35.5 Å². The molecule has 8 heteroatoms. The van der Waals surface area contributed by atoms with E-state index in [1.54, 1.807) is 30.1 Å². The van der Waals surface area contributed by atoms with Crippen LogP contribution in [0.2, 0.25) is 10.0 Å². The molecule has 3 rings (SSSR count). The molecule has 0 atom stereocenters. The van der Waals surface area contributed by atoms with E-state index in [4.69, 9.17) is 23.2 Å². The summed E-state index contributed by atoms with van der Waals surface area (Å²) in [5.41, 5.74) is 2.62. The van der Waals surface area contributed by atoms with Crippen LogP contribution >= 0.6 is 34.5 Å². The van der Waals surface area contributed by atoms with Gasteiger partial charge in [-0.2, -0.15) is 0 Å². The summed E-state index contributed by atoms with van der Waals surface area (Å²) in [7, 11) is 1.74. The van der Waals surface area contributed by atoms with Crippen molar-refractivity contribution in [1.82, 2.24) is 9.88 Å². The first-order chi connectivity index (χ1) is 14.7. The molecule has 0 spiro atoms. The van der Waals surface area contributed by atoms with Gasteiger partial charge >= 0.3 is 0 Å². The van der Waals surface area contributed by atoms with Crippen LogP contribution in [0, 0.1) is 0 Å². The van der Waals surface area contributed by atoms with Crippen molar-refractivity contribution in [3.8, 4) is 0 Å². The molecule has 0 bridgehead atoms. The van der Waals surface area contributed by atoms with Crippen molar-refractivity contribution < 1.29 is 9.59 Å². The number of carbonyl (C=O) groups is 2. The highest BCUT2D eigenvalue weighted by atomic mass is 35.5. The van der Waals surface area contributed by atoms with Crippen LogP contribution in [-0.4, -0.2) is 34.8 Å². The topological polar surface area (TPSA) is 62.3 Å². The number of nitrogens with one attached hydrogen (secondary N) is 1. The SMILES string of the molecule is CC(C)N(C)C(=O)c1ccc(Cl)c(NC(=O)Cc2csc(Cc3cccc(Cl)c3)n2)c1. The number of anilines is 1. The highest BCUT2D eigenvalue weighted by molar-refractivity contribution is 7.09. The van der Waals surface area contributed by atoms with Crippen molar-refractivity contribution in [3.05, 3.63) is 79.7 Å². The van der Waals surface area contributed by atoms with Gasteiger partial charge in [-0.3, -0.25) is 9.59 Å². The highest BCUT2D eigenvalue weighted by Crippen LogP contribution is 2.25. The van der Waals surface area contributed by atoms with Gasteiger partial charge in [-0.1, -0.05) is 35.3 Å². The lowest BCUT2D eigenvalue weighted by Crippen LogP contribution is -2.33. The van der Waals surface area contributed by atoms with Gasteiger partial charge in [-0.05, 0) is 49.7 Å². The normalized spacial score (nSPS) is 10.9. The number of amides is 2. The van der Waals surface area contributed by atoms with E-state index in [1.165, 1.54) is 11.3 Å². The summed E-state index contributed by atoms with van der Waals surface area (Å²) in [6.07, 6.45) is 0.776. The summed E-state index contributed by atoms with van der Waals surface area (Å²) in [6, 6.07) is 12.6. The Labute approximate surface area is 196 Å². The van der Waals surface area contributed by atoms with Crippen LogP contribution in [0.3, 0.4) is 0 Å². The molecule has 1 aromatic heterocycles. The summed E-state index contributed by atoms with van der Waals surface area (Å²) in [4.78, 5) is 31.3. The first-order valence-electron chi connectivity index (χ1n) is 9.77. The molecule has 162 valence electrons. The predicted octanol–water partition coefficient (Wildman–Crippen LogP) is 5.70. The van der Waals surface area contributed by atoms with E-state index in [0.29, 0.717) is 33.4 Å². The number of hydrogen-bond donors (Lipinski definition) is 1. The number of carbonyl (C=O) groups excluding carboxylic acids is 2. The Balaban J connectivity index is 1.65. The van der Waals surface area contributed by atoms with Crippen LogP contribution in [0.1, 0.15) is 40.5 Å². The number of thiazole rings is 1. The van der Waals surface area contributed by atoms with Crippen molar-refractivity contribution in [2.45, 2.75) is 32.7 Å². The van der Waals surface area contributed by atoms with Gasteiger partial charge in [0.15, 0.2) is 0 Å². The van der Waals surface area contributed by atoms with Crippen molar-refractivity contribution in [2.24, 2.45) is 0 Å². The quantitative estimate of drug-likeness (QED) is 0.476. The Hall–Kier alpha value is -2.41. The van der Waals surface area contributed by atoms with E-state index in [-0.39, 0.29) is 24.3 Å². The number of rotatable bonds is 7. The lowest BCUT2D eigenvalue weighted by Gasteiger charge is -2.22. The summed E-state index contributed by atoms with van der Waals surface area (Å²) in [6.45, 7) is 3.87. The van der Waals surface area contributed by atoms with E-state index in [2.05, 4.69) is 10.3 Å². The van der Waals surface area contributed by atoms with E-state index in [1.807, 2.05) is 43.5 Å². The fourth-order valence-corrected chi connectivity index (χ4v) is 4.09. The van der Waals surface area contributed by atoms with Crippen molar-refractivity contribution in [1.29, 1.82) is 0 Å². The van der Waals surface area contributed by atoms with Crippen molar-refractivity contribution in [3.63, 3.8) is 0 Å². The third-order valence-corrected chi connectivity index (χ3v) is 6.23.